The minimum absolute atomic E-state index is 0.000421. The zero-order valence-corrected chi connectivity index (χ0v) is 21.0. The number of rotatable bonds is 8. The standard InChI is InChI=1S/C28H27FN2O5S/c1-37(35,36)30-18-2-3-19-4-12-23(13-5-19)31-27(21-8-14-24(32)15-9-21)25(28(31)34)16-17-26(33)20-6-10-22(29)11-7-20/h4-15,25-27,30,32-33H,16-18H2,1H3. The quantitative estimate of drug-likeness (QED) is 0.309. The lowest BCUT2D eigenvalue weighted by Crippen LogP contribution is -2.55. The van der Waals surface area contributed by atoms with E-state index in [9.17, 15) is 27.8 Å². The molecule has 3 aromatic rings. The van der Waals surface area contributed by atoms with Gasteiger partial charge in [-0.15, -0.1) is 0 Å². The summed E-state index contributed by atoms with van der Waals surface area (Å²) in [5.41, 5.74) is 2.80. The van der Waals surface area contributed by atoms with Gasteiger partial charge < -0.3 is 15.1 Å². The molecular formula is C28H27FN2O5S. The summed E-state index contributed by atoms with van der Waals surface area (Å²) in [6.07, 6.45) is 1.00. The lowest BCUT2D eigenvalue weighted by Gasteiger charge is -2.48. The minimum Gasteiger partial charge on any atom is -0.508 e. The predicted molar refractivity (Wildman–Crippen MR) is 139 cm³/mol. The van der Waals surface area contributed by atoms with Crippen LogP contribution < -0.4 is 9.62 Å². The number of aliphatic hydroxyl groups excluding tert-OH is 1. The van der Waals surface area contributed by atoms with E-state index in [4.69, 9.17) is 0 Å². The van der Waals surface area contributed by atoms with Crippen LogP contribution in [0.3, 0.4) is 0 Å². The molecule has 192 valence electrons. The summed E-state index contributed by atoms with van der Waals surface area (Å²) in [7, 11) is -3.31. The normalized spacial score (nSPS) is 18.0. The molecule has 3 unspecified atom stereocenters. The van der Waals surface area contributed by atoms with Crippen LogP contribution in [-0.2, 0) is 14.8 Å². The summed E-state index contributed by atoms with van der Waals surface area (Å²) in [6, 6.07) is 19.2. The fraction of sp³-hybridized carbons (Fsp3) is 0.250. The van der Waals surface area contributed by atoms with Gasteiger partial charge in [0, 0.05) is 11.3 Å². The molecule has 9 heteroatoms. The second-order valence-electron chi connectivity index (χ2n) is 8.94. The molecule has 3 atom stereocenters. The van der Waals surface area contributed by atoms with Gasteiger partial charge in [0.25, 0.3) is 0 Å². The Hall–Kier alpha value is -3.71. The average Bonchev–Trinajstić information content (AvgIpc) is 2.86. The van der Waals surface area contributed by atoms with Gasteiger partial charge in [-0.05, 0) is 72.5 Å². The van der Waals surface area contributed by atoms with E-state index in [1.165, 1.54) is 24.3 Å². The van der Waals surface area contributed by atoms with Crippen molar-refractivity contribution in [2.75, 3.05) is 17.7 Å². The fourth-order valence-corrected chi connectivity index (χ4v) is 4.71. The number of hydrogen-bond donors (Lipinski definition) is 3. The smallest absolute Gasteiger partial charge is 0.233 e. The maximum absolute atomic E-state index is 13.2. The highest BCUT2D eigenvalue weighted by atomic mass is 32.2. The van der Waals surface area contributed by atoms with Crippen molar-refractivity contribution in [3.05, 3.63) is 95.3 Å². The molecule has 1 saturated heterocycles. The van der Waals surface area contributed by atoms with Crippen LogP contribution in [-0.4, -0.2) is 37.3 Å². The van der Waals surface area contributed by atoms with Gasteiger partial charge in [-0.1, -0.05) is 36.1 Å². The molecule has 37 heavy (non-hydrogen) atoms. The number of benzene rings is 3. The van der Waals surface area contributed by atoms with Crippen molar-refractivity contribution in [3.63, 3.8) is 0 Å². The van der Waals surface area contributed by atoms with Crippen LogP contribution in [0.5, 0.6) is 5.75 Å². The van der Waals surface area contributed by atoms with Crippen LogP contribution in [0, 0.1) is 23.6 Å². The molecule has 1 fully saturated rings. The van der Waals surface area contributed by atoms with E-state index in [0.717, 1.165) is 11.8 Å². The number of phenols is 1. The number of anilines is 1. The molecule has 0 aromatic heterocycles. The number of nitrogens with zero attached hydrogens (tertiary/aromatic N) is 1. The molecule has 3 aromatic carbocycles. The highest BCUT2D eigenvalue weighted by molar-refractivity contribution is 7.88. The Bertz CT molecular complexity index is 1410. The first-order chi connectivity index (χ1) is 17.6. The van der Waals surface area contributed by atoms with E-state index < -0.39 is 16.1 Å². The molecular weight excluding hydrogens is 495 g/mol. The average molecular weight is 523 g/mol. The second kappa shape index (κ2) is 11.1. The van der Waals surface area contributed by atoms with E-state index in [1.807, 2.05) is 0 Å². The molecule has 0 aliphatic carbocycles. The summed E-state index contributed by atoms with van der Waals surface area (Å²) in [4.78, 5) is 14.9. The zero-order chi connectivity index (χ0) is 26.6. The molecule has 1 heterocycles. The summed E-state index contributed by atoms with van der Waals surface area (Å²) < 4.78 is 37.8. The van der Waals surface area contributed by atoms with Gasteiger partial charge >= 0.3 is 0 Å². The lowest BCUT2D eigenvalue weighted by molar-refractivity contribution is -0.131. The van der Waals surface area contributed by atoms with Gasteiger partial charge in [0.15, 0.2) is 0 Å². The van der Waals surface area contributed by atoms with Crippen molar-refractivity contribution in [1.29, 1.82) is 0 Å². The second-order valence-corrected chi connectivity index (χ2v) is 10.8. The highest BCUT2D eigenvalue weighted by Crippen LogP contribution is 2.46. The number of carbonyl (C=O) groups is 1. The maximum atomic E-state index is 13.2. The van der Waals surface area contributed by atoms with Crippen LogP contribution in [0.1, 0.15) is 41.7 Å². The van der Waals surface area contributed by atoms with Crippen molar-refractivity contribution in [1.82, 2.24) is 4.72 Å². The largest absolute Gasteiger partial charge is 0.508 e. The Balaban J connectivity index is 1.50. The summed E-state index contributed by atoms with van der Waals surface area (Å²) in [5, 5.41) is 20.3. The van der Waals surface area contributed by atoms with Gasteiger partial charge in [-0.2, -0.15) is 0 Å². The molecule has 4 rings (SSSR count). The third kappa shape index (κ3) is 6.54. The van der Waals surface area contributed by atoms with Gasteiger partial charge in [0.1, 0.15) is 11.6 Å². The lowest BCUT2D eigenvalue weighted by atomic mass is 9.78. The Kier molecular flexibility index (Phi) is 7.93. The number of halogens is 1. The molecule has 0 bridgehead atoms. The van der Waals surface area contributed by atoms with Crippen molar-refractivity contribution in [2.45, 2.75) is 25.0 Å². The minimum atomic E-state index is -3.31. The van der Waals surface area contributed by atoms with Gasteiger partial charge in [-0.25, -0.2) is 17.5 Å². The van der Waals surface area contributed by atoms with Crippen LogP contribution in [0.25, 0.3) is 0 Å². The molecule has 7 nitrogen and oxygen atoms in total. The van der Waals surface area contributed by atoms with E-state index in [1.54, 1.807) is 53.4 Å². The molecule has 0 radical (unpaired) electrons. The first-order valence-electron chi connectivity index (χ1n) is 11.7. The summed E-state index contributed by atoms with van der Waals surface area (Å²) in [5.74, 6) is 4.91. The number of carbonyl (C=O) groups excluding carboxylic acids is 1. The maximum Gasteiger partial charge on any atom is 0.233 e. The molecule has 1 amide bonds. The number of sulfonamides is 1. The van der Waals surface area contributed by atoms with Gasteiger partial charge in [0.2, 0.25) is 15.9 Å². The van der Waals surface area contributed by atoms with Crippen LogP contribution in [0.15, 0.2) is 72.8 Å². The number of β-lactam (4-membered cyclic amide) rings is 1. The van der Waals surface area contributed by atoms with E-state index in [-0.39, 0.29) is 36.0 Å². The monoisotopic (exact) mass is 522 g/mol. The Morgan fingerprint density at radius 2 is 1.68 bits per heavy atom. The number of aliphatic hydroxyl groups is 1. The predicted octanol–water partition coefficient (Wildman–Crippen LogP) is 3.65. The first-order valence-corrected chi connectivity index (χ1v) is 13.6. The van der Waals surface area contributed by atoms with Gasteiger partial charge in [-0.3, -0.25) is 4.79 Å². The van der Waals surface area contributed by atoms with Crippen LogP contribution in [0.4, 0.5) is 10.1 Å². The topological polar surface area (TPSA) is 107 Å². The summed E-state index contributed by atoms with van der Waals surface area (Å²) >= 11 is 0. The van der Waals surface area contributed by atoms with Crippen LogP contribution >= 0.6 is 0 Å². The van der Waals surface area contributed by atoms with E-state index >= 15 is 0 Å². The molecule has 1 aliphatic heterocycles. The SMILES string of the molecule is CS(=O)(=O)NCC#Cc1ccc(N2C(=O)C(CCC(O)c3ccc(F)cc3)C2c2ccc(O)cc2)cc1. The Morgan fingerprint density at radius 3 is 2.30 bits per heavy atom. The number of amides is 1. The molecule has 0 saturated carbocycles. The number of aromatic hydroxyl groups is 1. The van der Waals surface area contributed by atoms with Crippen LogP contribution in [0.2, 0.25) is 0 Å². The summed E-state index contributed by atoms with van der Waals surface area (Å²) in [6.45, 7) is -0.000421. The first kappa shape index (κ1) is 26.4. The van der Waals surface area contributed by atoms with E-state index in [2.05, 4.69) is 16.6 Å². The molecule has 0 spiro atoms. The third-order valence-corrected chi connectivity index (χ3v) is 6.92. The number of hydrogen-bond acceptors (Lipinski definition) is 5. The molecule has 1 aliphatic rings. The van der Waals surface area contributed by atoms with Crippen molar-refractivity contribution < 1.29 is 27.8 Å². The van der Waals surface area contributed by atoms with Crippen molar-refractivity contribution >= 4 is 21.6 Å². The zero-order valence-electron chi connectivity index (χ0n) is 20.1. The molecule has 3 N–H and O–H groups in total. The fourth-order valence-electron chi connectivity index (χ4n) is 4.38. The van der Waals surface area contributed by atoms with E-state index in [0.29, 0.717) is 29.7 Å². The Morgan fingerprint density at radius 1 is 1.03 bits per heavy atom. The van der Waals surface area contributed by atoms with Gasteiger partial charge in [0.05, 0.1) is 30.9 Å². The van der Waals surface area contributed by atoms with Crippen molar-refractivity contribution in [3.8, 4) is 17.6 Å². The number of nitrogens with one attached hydrogen (secondary N) is 1. The Labute approximate surface area is 215 Å². The number of phenolic OH excluding ortho intramolecular Hbond substituents is 1. The van der Waals surface area contributed by atoms with Crippen molar-refractivity contribution in [2.24, 2.45) is 5.92 Å². The highest BCUT2D eigenvalue weighted by Gasteiger charge is 2.48. The third-order valence-electron chi connectivity index (χ3n) is 6.26.